The van der Waals surface area contributed by atoms with Crippen LogP contribution in [-0.4, -0.2) is 51.9 Å². The van der Waals surface area contributed by atoms with Gasteiger partial charge in [0.25, 0.3) is 0 Å². The quantitative estimate of drug-likeness (QED) is 0.849. The Morgan fingerprint density at radius 1 is 1.38 bits per heavy atom. The molecule has 8 heteroatoms. The molecule has 0 aliphatic carbocycles. The number of ether oxygens (including phenoxy) is 1. The number of sulfonamides is 1. The predicted molar refractivity (Wildman–Crippen MR) is 94.9 cm³/mol. The summed E-state index contributed by atoms with van der Waals surface area (Å²) in [5.74, 6) is 0. The summed E-state index contributed by atoms with van der Waals surface area (Å²) in [6.07, 6.45) is 4.08. The van der Waals surface area contributed by atoms with Gasteiger partial charge in [0.15, 0.2) is 0 Å². The number of amides is 2. The summed E-state index contributed by atoms with van der Waals surface area (Å²) in [6.45, 7) is 3.07. The van der Waals surface area contributed by atoms with Gasteiger partial charge in [-0.15, -0.1) is 0 Å². The van der Waals surface area contributed by atoms with Gasteiger partial charge in [-0.1, -0.05) is 6.07 Å². The molecule has 1 aliphatic heterocycles. The molecule has 0 radical (unpaired) electrons. The van der Waals surface area contributed by atoms with E-state index in [0.717, 1.165) is 31.1 Å². The van der Waals surface area contributed by atoms with Crippen molar-refractivity contribution in [3.63, 3.8) is 0 Å². The molecule has 1 heterocycles. The molecule has 7 nitrogen and oxygen atoms in total. The van der Waals surface area contributed by atoms with E-state index in [4.69, 9.17) is 4.74 Å². The number of nitrogens with zero attached hydrogens (tertiary/aromatic N) is 1. The number of hydrogen-bond donors (Lipinski definition) is 2. The Bertz CT molecular complexity index is 689. The van der Waals surface area contributed by atoms with Crippen molar-refractivity contribution in [2.24, 2.45) is 0 Å². The highest BCUT2D eigenvalue weighted by Crippen LogP contribution is 2.23. The van der Waals surface area contributed by atoms with Gasteiger partial charge in [0.05, 0.1) is 24.6 Å². The van der Waals surface area contributed by atoms with Gasteiger partial charge in [0.1, 0.15) is 0 Å². The van der Waals surface area contributed by atoms with Gasteiger partial charge in [-0.2, -0.15) is 0 Å². The number of methoxy groups -OCH3 is 1. The second-order valence-electron chi connectivity index (χ2n) is 6.13. The van der Waals surface area contributed by atoms with E-state index in [1.54, 1.807) is 30.2 Å². The molecule has 2 amide bonds. The van der Waals surface area contributed by atoms with Crippen molar-refractivity contribution < 1.29 is 17.9 Å². The summed E-state index contributed by atoms with van der Waals surface area (Å²) in [5, 5.41) is 2.89. The van der Waals surface area contributed by atoms with Gasteiger partial charge < -0.3 is 15.0 Å². The Labute approximate surface area is 143 Å². The molecule has 1 saturated heterocycles. The normalized spacial score (nSPS) is 18.3. The molecule has 0 aromatic heterocycles. The number of likely N-dealkylation sites (tertiary alicyclic amines) is 1. The Kier molecular flexibility index (Phi) is 6.06. The van der Waals surface area contributed by atoms with E-state index < -0.39 is 10.0 Å². The molecule has 24 heavy (non-hydrogen) atoms. The van der Waals surface area contributed by atoms with Crippen molar-refractivity contribution in [3.8, 4) is 0 Å². The summed E-state index contributed by atoms with van der Waals surface area (Å²) in [7, 11) is -1.73. The molecule has 2 rings (SSSR count). The van der Waals surface area contributed by atoms with E-state index in [2.05, 4.69) is 10.0 Å². The molecule has 0 spiro atoms. The maximum absolute atomic E-state index is 12.6. The molecular weight excluding hydrogens is 330 g/mol. The Hall–Kier alpha value is -1.80. The Balaban J connectivity index is 2.14. The van der Waals surface area contributed by atoms with Crippen molar-refractivity contribution >= 4 is 27.4 Å². The number of urea groups is 1. The topological polar surface area (TPSA) is 87.7 Å². The van der Waals surface area contributed by atoms with Crippen molar-refractivity contribution in [1.29, 1.82) is 0 Å². The van der Waals surface area contributed by atoms with Crippen LogP contribution in [0.5, 0.6) is 0 Å². The van der Waals surface area contributed by atoms with Crippen LogP contribution in [0.4, 0.5) is 16.2 Å². The number of piperidine rings is 1. The smallest absolute Gasteiger partial charge is 0.322 e. The molecule has 2 N–H and O–H groups in total. The van der Waals surface area contributed by atoms with Crippen LogP contribution >= 0.6 is 0 Å². The fraction of sp³-hybridized carbons (Fsp3) is 0.562. The minimum Gasteiger partial charge on any atom is -0.383 e. The predicted octanol–water partition coefficient (Wildman–Crippen LogP) is 2.40. The maximum Gasteiger partial charge on any atom is 0.322 e. The first kappa shape index (κ1) is 18.5. The molecule has 1 aliphatic rings. The standard InChI is InChI=1S/C16H25N3O4S/c1-12-7-8-13(18-24(3,21)22)10-15(12)17-16(20)19-9-5-4-6-14(19)11-23-2/h7-8,10,14,18H,4-6,9,11H2,1-3H3,(H,17,20). The monoisotopic (exact) mass is 355 g/mol. The molecule has 1 atom stereocenters. The van der Waals surface area contributed by atoms with Gasteiger partial charge in [-0.3, -0.25) is 4.72 Å². The zero-order valence-electron chi connectivity index (χ0n) is 14.3. The third kappa shape index (κ3) is 5.10. The Morgan fingerprint density at radius 2 is 2.12 bits per heavy atom. The highest BCUT2D eigenvalue weighted by atomic mass is 32.2. The first-order valence-electron chi connectivity index (χ1n) is 7.95. The van der Waals surface area contributed by atoms with Crippen molar-refractivity contribution in [1.82, 2.24) is 4.90 Å². The average Bonchev–Trinajstić information content (AvgIpc) is 2.50. The number of benzene rings is 1. The maximum atomic E-state index is 12.6. The highest BCUT2D eigenvalue weighted by Gasteiger charge is 2.26. The van der Waals surface area contributed by atoms with Gasteiger partial charge in [-0.25, -0.2) is 13.2 Å². The summed E-state index contributed by atoms with van der Waals surface area (Å²) in [4.78, 5) is 14.4. The van der Waals surface area contributed by atoms with E-state index in [9.17, 15) is 13.2 Å². The minimum absolute atomic E-state index is 0.0707. The molecule has 0 saturated carbocycles. The number of carbonyl (C=O) groups is 1. The summed E-state index contributed by atoms with van der Waals surface area (Å²) in [6, 6.07) is 4.95. The number of rotatable bonds is 5. The van der Waals surface area contributed by atoms with Crippen LogP contribution in [0.2, 0.25) is 0 Å². The van der Waals surface area contributed by atoms with E-state index in [1.807, 2.05) is 6.92 Å². The molecule has 1 aromatic rings. The van der Waals surface area contributed by atoms with Crippen LogP contribution in [0.3, 0.4) is 0 Å². The lowest BCUT2D eigenvalue weighted by Gasteiger charge is -2.35. The van der Waals surface area contributed by atoms with Crippen LogP contribution in [0, 0.1) is 6.92 Å². The van der Waals surface area contributed by atoms with Crippen LogP contribution in [-0.2, 0) is 14.8 Å². The lowest BCUT2D eigenvalue weighted by atomic mass is 10.0. The lowest BCUT2D eigenvalue weighted by molar-refractivity contribution is 0.0878. The van der Waals surface area contributed by atoms with E-state index >= 15 is 0 Å². The Morgan fingerprint density at radius 3 is 2.79 bits per heavy atom. The molecule has 1 unspecified atom stereocenters. The van der Waals surface area contributed by atoms with Crippen LogP contribution in [0.1, 0.15) is 24.8 Å². The number of anilines is 2. The fourth-order valence-electron chi connectivity index (χ4n) is 2.85. The molecule has 1 fully saturated rings. The second kappa shape index (κ2) is 7.85. The number of aryl methyl sites for hydroxylation is 1. The number of carbonyl (C=O) groups excluding carboxylic acids is 1. The largest absolute Gasteiger partial charge is 0.383 e. The van der Waals surface area contributed by atoms with Gasteiger partial charge >= 0.3 is 6.03 Å². The van der Waals surface area contributed by atoms with E-state index in [1.165, 1.54) is 0 Å². The molecular formula is C16H25N3O4S. The summed E-state index contributed by atoms with van der Waals surface area (Å²) >= 11 is 0. The van der Waals surface area contributed by atoms with E-state index in [0.29, 0.717) is 24.5 Å². The zero-order chi connectivity index (χ0) is 17.7. The van der Waals surface area contributed by atoms with Crippen molar-refractivity contribution in [2.45, 2.75) is 32.2 Å². The molecule has 0 bridgehead atoms. The number of hydrogen-bond acceptors (Lipinski definition) is 4. The van der Waals surface area contributed by atoms with Gasteiger partial charge in [-0.05, 0) is 43.9 Å². The van der Waals surface area contributed by atoms with E-state index in [-0.39, 0.29) is 12.1 Å². The third-order valence-corrected chi connectivity index (χ3v) is 4.64. The summed E-state index contributed by atoms with van der Waals surface area (Å²) < 4.78 is 30.4. The average molecular weight is 355 g/mol. The third-order valence-electron chi connectivity index (χ3n) is 4.03. The second-order valence-corrected chi connectivity index (χ2v) is 7.88. The van der Waals surface area contributed by atoms with Crippen LogP contribution < -0.4 is 10.0 Å². The van der Waals surface area contributed by atoms with Crippen molar-refractivity contribution in [3.05, 3.63) is 23.8 Å². The van der Waals surface area contributed by atoms with Gasteiger partial charge in [0.2, 0.25) is 10.0 Å². The zero-order valence-corrected chi connectivity index (χ0v) is 15.1. The molecule has 134 valence electrons. The van der Waals surface area contributed by atoms with Gasteiger partial charge in [0, 0.05) is 19.3 Å². The summed E-state index contributed by atoms with van der Waals surface area (Å²) in [5.41, 5.74) is 1.88. The minimum atomic E-state index is -3.36. The molecule has 1 aromatic carbocycles. The van der Waals surface area contributed by atoms with Crippen molar-refractivity contribution in [2.75, 3.05) is 36.6 Å². The first-order chi connectivity index (χ1) is 11.3. The lowest BCUT2D eigenvalue weighted by Crippen LogP contribution is -2.48. The highest BCUT2D eigenvalue weighted by molar-refractivity contribution is 7.92. The van der Waals surface area contributed by atoms with Crippen LogP contribution in [0.15, 0.2) is 18.2 Å². The first-order valence-corrected chi connectivity index (χ1v) is 9.84. The number of nitrogens with one attached hydrogen (secondary N) is 2. The SMILES string of the molecule is COCC1CCCCN1C(=O)Nc1cc(NS(C)(=O)=O)ccc1C. The van der Waals surface area contributed by atoms with Crippen LogP contribution in [0.25, 0.3) is 0 Å². The fourth-order valence-corrected chi connectivity index (χ4v) is 3.41.